The number of para-hydroxylation sites is 2. The van der Waals surface area contributed by atoms with Gasteiger partial charge in [0.15, 0.2) is 0 Å². The summed E-state index contributed by atoms with van der Waals surface area (Å²) in [5.74, 6) is 0.401. The van der Waals surface area contributed by atoms with Gasteiger partial charge in [0, 0.05) is 10.9 Å². The van der Waals surface area contributed by atoms with Crippen LogP contribution in [0.15, 0.2) is 48.5 Å². The fourth-order valence-corrected chi connectivity index (χ4v) is 2.33. The highest BCUT2D eigenvalue weighted by molar-refractivity contribution is 9.09. The van der Waals surface area contributed by atoms with Crippen LogP contribution in [-0.4, -0.2) is 29.5 Å². The number of amides is 2. The number of anilines is 2. The molecule has 0 saturated heterocycles. The first-order valence-corrected chi connectivity index (χ1v) is 9.60. The molecule has 0 spiro atoms. The van der Waals surface area contributed by atoms with Gasteiger partial charge in [0.2, 0.25) is 0 Å². The number of carbonyl (C=O) groups is 2. The molecule has 27 heavy (non-hydrogen) atoms. The molecule has 2 amide bonds. The Hall–Kier alpha value is -2.54. The number of alkyl halides is 1. The Morgan fingerprint density at radius 1 is 0.963 bits per heavy atom. The SMILES string of the molecule is CC(C)(C)OC(=O)Nc1ccccc1NC(=O)c1ccc(OCCBr)cc1. The number of hydrogen-bond acceptors (Lipinski definition) is 4. The van der Waals surface area contributed by atoms with Crippen molar-refractivity contribution in [3.8, 4) is 5.75 Å². The zero-order chi connectivity index (χ0) is 19.9. The average Bonchev–Trinajstić information content (AvgIpc) is 2.60. The second-order valence-corrected chi connectivity index (χ2v) is 7.48. The Kier molecular flexibility index (Phi) is 7.24. The summed E-state index contributed by atoms with van der Waals surface area (Å²) in [6.45, 7) is 5.90. The van der Waals surface area contributed by atoms with Crippen LogP contribution in [0.4, 0.5) is 16.2 Å². The number of hydrogen-bond donors (Lipinski definition) is 2. The van der Waals surface area contributed by atoms with Crippen LogP contribution in [0.3, 0.4) is 0 Å². The van der Waals surface area contributed by atoms with Gasteiger partial charge in [-0.15, -0.1) is 0 Å². The van der Waals surface area contributed by atoms with Gasteiger partial charge in [-0.05, 0) is 57.2 Å². The van der Waals surface area contributed by atoms with Gasteiger partial charge in [0.05, 0.1) is 18.0 Å². The van der Waals surface area contributed by atoms with Crippen LogP contribution in [0.5, 0.6) is 5.75 Å². The van der Waals surface area contributed by atoms with Crippen molar-refractivity contribution >= 4 is 39.3 Å². The van der Waals surface area contributed by atoms with E-state index < -0.39 is 11.7 Å². The maximum Gasteiger partial charge on any atom is 0.412 e. The summed E-state index contributed by atoms with van der Waals surface area (Å²) in [6, 6.07) is 13.8. The number of benzene rings is 2. The highest BCUT2D eigenvalue weighted by Gasteiger charge is 2.17. The van der Waals surface area contributed by atoms with E-state index in [0.717, 1.165) is 5.33 Å². The Bertz CT molecular complexity index is 785. The first kappa shape index (κ1) is 20.8. The number of carbonyl (C=O) groups excluding carboxylic acids is 2. The average molecular weight is 435 g/mol. The van der Waals surface area contributed by atoms with Crippen LogP contribution in [0, 0.1) is 0 Å². The van der Waals surface area contributed by atoms with Crippen LogP contribution < -0.4 is 15.4 Å². The molecule has 0 aliphatic rings. The maximum atomic E-state index is 12.5. The molecule has 2 aromatic carbocycles. The van der Waals surface area contributed by atoms with Crippen LogP contribution in [-0.2, 0) is 4.74 Å². The van der Waals surface area contributed by atoms with Crippen molar-refractivity contribution in [3.05, 3.63) is 54.1 Å². The minimum Gasteiger partial charge on any atom is -0.493 e. The number of rotatable bonds is 6. The molecule has 2 rings (SSSR count). The lowest BCUT2D eigenvalue weighted by Crippen LogP contribution is -2.27. The van der Waals surface area contributed by atoms with E-state index in [1.165, 1.54) is 0 Å². The summed E-state index contributed by atoms with van der Waals surface area (Å²) in [4.78, 5) is 24.5. The summed E-state index contributed by atoms with van der Waals surface area (Å²) in [6.07, 6.45) is -0.586. The zero-order valence-electron chi connectivity index (χ0n) is 15.5. The minimum atomic E-state index is -0.610. The van der Waals surface area contributed by atoms with Gasteiger partial charge < -0.3 is 14.8 Å². The summed E-state index contributed by atoms with van der Waals surface area (Å²) in [5, 5.41) is 6.19. The van der Waals surface area contributed by atoms with Gasteiger partial charge in [-0.25, -0.2) is 4.79 Å². The lowest BCUT2D eigenvalue weighted by atomic mass is 10.2. The van der Waals surface area contributed by atoms with E-state index in [2.05, 4.69) is 26.6 Å². The van der Waals surface area contributed by atoms with E-state index >= 15 is 0 Å². The largest absolute Gasteiger partial charge is 0.493 e. The molecule has 0 aromatic heterocycles. The third-order valence-electron chi connectivity index (χ3n) is 3.27. The van der Waals surface area contributed by atoms with Gasteiger partial charge in [0.1, 0.15) is 11.4 Å². The fourth-order valence-electron chi connectivity index (χ4n) is 2.17. The molecule has 0 saturated carbocycles. The summed E-state index contributed by atoms with van der Waals surface area (Å²) in [5.41, 5.74) is 0.805. The molecule has 2 aromatic rings. The zero-order valence-corrected chi connectivity index (χ0v) is 17.1. The molecule has 2 N–H and O–H groups in total. The van der Waals surface area contributed by atoms with Crippen molar-refractivity contribution in [2.45, 2.75) is 26.4 Å². The predicted octanol–water partition coefficient (Wildman–Crippen LogP) is 5.06. The second-order valence-electron chi connectivity index (χ2n) is 6.69. The van der Waals surface area contributed by atoms with Crippen LogP contribution in [0.2, 0.25) is 0 Å². The van der Waals surface area contributed by atoms with Crippen molar-refractivity contribution in [2.24, 2.45) is 0 Å². The molecule has 6 nitrogen and oxygen atoms in total. The first-order chi connectivity index (χ1) is 12.8. The molecule has 0 aliphatic carbocycles. The van der Waals surface area contributed by atoms with Gasteiger partial charge in [0.25, 0.3) is 5.91 Å². The third-order valence-corrected chi connectivity index (χ3v) is 3.60. The van der Waals surface area contributed by atoms with Crippen molar-refractivity contribution in [2.75, 3.05) is 22.6 Å². The Morgan fingerprint density at radius 2 is 1.56 bits per heavy atom. The van der Waals surface area contributed by atoms with Crippen molar-refractivity contribution in [3.63, 3.8) is 0 Å². The number of ether oxygens (including phenoxy) is 2. The molecule has 7 heteroatoms. The number of nitrogens with one attached hydrogen (secondary N) is 2. The van der Waals surface area contributed by atoms with Gasteiger partial charge in [-0.2, -0.15) is 0 Å². The molecular weight excluding hydrogens is 412 g/mol. The number of halogens is 1. The Morgan fingerprint density at radius 3 is 2.11 bits per heavy atom. The van der Waals surface area contributed by atoms with Crippen molar-refractivity contribution in [1.82, 2.24) is 0 Å². The van der Waals surface area contributed by atoms with Crippen LogP contribution in [0.1, 0.15) is 31.1 Å². The highest BCUT2D eigenvalue weighted by atomic mass is 79.9. The van der Waals surface area contributed by atoms with Crippen molar-refractivity contribution in [1.29, 1.82) is 0 Å². The molecule has 144 valence electrons. The van der Waals surface area contributed by atoms with Crippen molar-refractivity contribution < 1.29 is 19.1 Å². The highest BCUT2D eigenvalue weighted by Crippen LogP contribution is 2.23. The normalized spacial score (nSPS) is 10.8. The van der Waals surface area contributed by atoms with Gasteiger partial charge in [-0.1, -0.05) is 28.1 Å². The van der Waals surface area contributed by atoms with Crippen LogP contribution >= 0.6 is 15.9 Å². The molecule has 0 atom stereocenters. The topological polar surface area (TPSA) is 76.7 Å². The van der Waals surface area contributed by atoms with E-state index in [1.807, 2.05) is 0 Å². The smallest absolute Gasteiger partial charge is 0.412 e. The predicted molar refractivity (Wildman–Crippen MR) is 110 cm³/mol. The second kappa shape index (κ2) is 9.41. The lowest BCUT2D eigenvalue weighted by Gasteiger charge is -2.20. The maximum absolute atomic E-state index is 12.5. The standard InChI is InChI=1S/C20H23BrN2O4/c1-20(2,3)27-19(25)23-17-7-5-4-6-16(17)22-18(24)14-8-10-15(11-9-14)26-13-12-21/h4-11H,12-13H2,1-3H3,(H,22,24)(H,23,25). The molecular formula is C20H23BrN2O4. The van der Waals surface area contributed by atoms with Gasteiger partial charge >= 0.3 is 6.09 Å². The van der Waals surface area contributed by atoms with Crippen LogP contribution in [0.25, 0.3) is 0 Å². The molecule has 0 bridgehead atoms. The Labute approximate surface area is 167 Å². The minimum absolute atomic E-state index is 0.291. The lowest BCUT2D eigenvalue weighted by molar-refractivity contribution is 0.0635. The summed E-state index contributed by atoms with van der Waals surface area (Å²) < 4.78 is 10.7. The van der Waals surface area contributed by atoms with E-state index in [9.17, 15) is 9.59 Å². The first-order valence-electron chi connectivity index (χ1n) is 8.48. The molecule has 0 unspecified atom stereocenters. The fraction of sp³-hybridized carbons (Fsp3) is 0.300. The molecule has 0 fully saturated rings. The molecule has 0 radical (unpaired) electrons. The summed E-state index contributed by atoms with van der Waals surface area (Å²) in [7, 11) is 0. The monoisotopic (exact) mass is 434 g/mol. The third kappa shape index (κ3) is 6.94. The van der Waals surface area contributed by atoms with E-state index in [0.29, 0.717) is 29.3 Å². The van der Waals surface area contributed by atoms with E-state index in [1.54, 1.807) is 69.3 Å². The Balaban J connectivity index is 2.06. The van der Waals surface area contributed by atoms with E-state index in [4.69, 9.17) is 9.47 Å². The quantitative estimate of drug-likeness (QED) is 0.622. The van der Waals surface area contributed by atoms with Gasteiger partial charge in [-0.3, -0.25) is 10.1 Å². The molecule has 0 aliphatic heterocycles. The summed E-state index contributed by atoms with van der Waals surface area (Å²) >= 11 is 3.29. The molecule has 0 heterocycles. The van der Waals surface area contributed by atoms with E-state index in [-0.39, 0.29) is 5.91 Å².